The second-order valence-electron chi connectivity index (χ2n) is 6.53. The molecular weight excluding hydrogens is 252 g/mol. The van der Waals surface area contributed by atoms with Crippen LogP contribution in [-0.2, 0) is 0 Å². The number of fused-ring (bicyclic) bond motifs is 1. The highest BCUT2D eigenvalue weighted by Crippen LogP contribution is 2.30. The molecule has 114 valence electrons. The van der Waals surface area contributed by atoms with E-state index in [1.165, 1.54) is 61.3 Å². The molecule has 1 unspecified atom stereocenters. The predicted molar refractivity (Wildman–Crippen MR) is 95.1 cm³/mol. The van der Waals surface area contributed by atoms with Gasteiger partial charge in [-0.2, -0.15) is 0 Å². The zero-order chi connectivity index (χ0) is 15.1. The van der Waals surface area contributed by atoms with Crippen LogP contribution in [0, 0.1) is 6.92 Å². The number of hydrogen-bond acceptors (Lipinski definition) is 0. The third-order valence-corrected chi connectivity index (χ3v) is 4.56. The maximum Gasteiger partial charge on any atom is -0.0149 e. The normalized spacial score (nSPS) is 12.7. The number of rotatable bonds is 8. The Hall–Kier alpha value is -1.30. The van der Waals surface area contributed by atoms with Crippen molar-refractivity contribution in [3.63, 3.8) is 0 Å². The summed E-state index contributed by atoms with van der Waals surface area (Å²) in [6, 6.07) is 13.5. The SMILES string of the molecule is CCCCCCCCC(C)c1cc(C)cc2ccccc12. The van der Waals surface area contributed by atoms with Gasteiger partial charge in [0.1, 0.15) is 0 Å². The van der Waals surface area contributed by atoms with E-state index in [9.17, 15) is 0 Å². The molecule has 1 atom stereocenters. The summed E-state index contributed by atoms with van der Waals surface area (Å²) >= 11 is 0. The fraction of sp³-hybridized carbons (Fsp3) is 0.524. The quantitative estimate of drug-likeness (QED) is 0.457. The van der Waals surface area contributed by atoms with Gasteiger partial charge in [-0.3, -0.25) is 0 Å². The van der Waals surface area contributed by atoms with E-state index < -0.39 is 0 Å². The monoisotopic (exact) mass is 282 g/mol. The molecule has 2 rings (SSSR count). The van der Waals surface area contributed by atoms with Crippen LogP contribution in [-0.4, -0.2) is 0 Å². The van der Waals surface area contributed by atoms with Crippen molar-refractivity contribution in [1.29, 1.82) is 0 Å². The van der Waals surface area contributed by atoms with Crippen LogP contribution in [0.5, 0.6) is 0 Å². The van der Waals surface area contributed by atoms with Crippen molar-refractivity contribution in [2.75, 3.05) is 0 Å². The van der Waals surface area contributed by atoms with E-state index in [4.69, 9.17) is 0 Å². The molecule has 0 nitrogen and oxygen atoms in total. The van der Waals surface area contributed by atoms with Crippen molar-refractivity contribution in [2.24, 2.45) is 0 Å². The molecule has 2 aromatic rings. The summed E-state index contributed by atoms with van der Waals surface area (Å²) in [7, 11) is 0. The maximum absolute atomic E-state index is 2.40. The first kappa shape index (κ1) is 16.1. The molecule has 0 radical (unpaired) electrons. The van der Waals surface area contributed by atoms with Crippen LogP contribution in [0.3, 0.4) is 0 Å². The third kappa shape index (κ3) is 4.59. The Morgan fingerprint density at radius 3 is 2.43 bits per heavy atom. The van der Waals surface area contributed by atoms with E-state index in [1.54, 1.807) is 5.56 Å². The molecule has 0 spiro atoms. The Morgan fingerprint density at radius 2 is 1.62 bits per heavy atom. The fourth-order valence-corrected chi connectivity index (χ4v) is 3.29. The molecule has 0 amide bonds. The number of aryl methyl sites for hydroxylation is 1. The summed E-state index contributed by atoms with van der Waals surface area (Å²) < 4.78 is 0. The molecule has 0 fully saturated rings. The minimum Gasteiger partial charge on any atom is -0.0654 e. The second-order valence-corrected chi connectivity index (χ2v) is 6.53. The minimum atomic E-state index is 0.668. The summed E-state index contributed by atoms with van der Waals surface area (Å²) in [5.74, 6) is 0.668. The summed E-state index contributed by atoms with van der Waals surface area (Å²) in [5, 5.41) is 2.84. The highest BCUT2D eigenvalue weighted by atomic mass is 14.1. The molecule has 2 aromatic carbocycles. The molecular formula is C21H30. The van der Waals surface area contributed by atoms with E-state index in [0.29, 0.717) is 5.92 Å². The van der Waals surface area contributed by atoms with Crippen LogP contribution in [0.1, 0.15) is 75.8 Å². The molecule has 0 heteroatoms. The lowest BCUT2D eigenvalue weighted by atomic mass is 9.89. The fourth-order valence-electron chi connectivity index (χ4n) is 3.29. The Labute approximate surface area is 130 Å². The van der Waals surface area contributed by atoms with Crippen molar-refractivity contribution in [3.05, 3.63) is 47.5 Å². The number of benzene rings is 2. The van der Waals surface area contributed by atoms with Gasteiger partial charge in [0.25, 0.3) is 0 Å². The second kappa shape index (κ2) is 8.22. The Morgan fingerprint density at radius 1 is 0.905 bits per heavy atom. The van der Waals surface area contributed by atoms with Crippen molar-refractivity contribution < 1.29 is 0 Å². The van der Waals surface area contributed by atoms with Crippen LogP contribution in [0.4, 0.5) is 0 Å². The van der Waals surface area contributed by atoms with Crippen LogP contribution in [0.15, 0.2) is 36.4 Å². The number of hydrogen-bond donors (Lipinski definition) is 0. The molecule has 0 heterocycles. The highest BCUT2D eigenvalue weighted by Gasteiger charge is 2.10. The Bertz CT molecular complexity index is 553. The van der Waals surface area contributed by atoms with E-state index >= 15 is 0 Å². The van der Waals surface area contributed by atoms with Gasteiger partial charge in [-0.05, 0) is 35.6 Å². The van der Waals surface area contributed by atoms with Crippen LogP contribution >= 0.6 is 0 Å². The molecule has 0 aliphatic heterocycles. The summed E-state index contributed by atoms with van der Waals surface area (Å²) in [5.41, 5.74) is 2.93. The van der Waals surface area contributed by atoms with Crippen molar-refractivity contribution >= 4 is 10.8 Å². The van der Waals surface area contributed by atoms with Gasteiger partial charge < -0.3 is 0 Å². The Balaban J connectivity index is 1.97. The van der Waals surface area contributed by atoms with Gasteiger partial charge in [0.15, 0.2) is 0 Å². The maximum atomic E-state index is 2.40. The average molecular weight is 282 g/mol. The van der Waals surface area contributed by atoms with Gasteiger partial charge in [-0.1, -0.05) is 94.3 Å². The standard InChI is InChI=1S/C21H30/c1-4-5-6-7-8-9-12-18(3)21-16-17(2)15-19-13-10-11-14-20(19)21/h10-11,13-16,18H,4-9,12H2,1-3H3. The molecule has 0 N–H and O–H groups in total. The van der Waals surface area contributed by atoms with Gasteiger partial charge in [-0.25, -0.2) is 0 Å². The van der Waals surface area contributed by atoms with Crippen molar-refractivity contribution in [3.8, 4) is 0 Å². The molecule has 0 saturated heterocycles. The lowest BCUT2D eigenvalue weighted by molar-refractivity contribution is 0.558. The van der Waals surface area contributed by atoms with Crippen LogP contribution in [0.2, 0.25) is 0 Å². The predicted octanol–water partition coefficient (Wildman–Crippen LogP) is 7.00. The topological polar surface area (TPSA) is 0 Å². The van der Waals surface area contributed by atoms with Gasteiger partial charge in [0.05, 0.1) is 0 Å². The van der Waals surface area contributed by atoms with Crippen molar-refractivity contribution in [2.45, 2.75) is 71.6 Å². The smallest absolute Gasteiger partial charge is 0.0149 e. The molecule has 0 aromatic heterocycles. The van der Waals surface area contributed by atoms with E-state index in [2.05, 4.69) is 57.2 Å². The molecule has 21 heavy (non-hydrogen) atoms. The van der Waals surface area contributed by atoms with Gasteiger partial charge in [-0.15, -0.1) is 0 Å². The average Bonchev–Trinajstić information content (AvgIpc) is 2.49. The van der Waals surface area contributed by atoms with Crippen LogP contribution in [0.25, 0.3) is 10.8 Å². The molecule has 0 aliphatic carbocycles. The molecule has 0 saturated carbocycles. The molecule has 0 bridgehead atoms. The third-order valence-electron chi connectivity index (χ3n) is 4.56. The Kier molecular flexibility index (Phi) is 6.29. The summed E-state index contributed by atoms with van der Waals surface area (Å²) in [4.78, 5) is 0. The lowest BCUT2D eigenvalue weighted by Crippen LogP contribution is -1.96. The first-order chi connectivity index (χ1) is 10.2. The first-order valence-corrected chi connectivity index (χ1v) is 8.71. The van der Waals surface area contributed by atoms with Gasteiger partial charge in [0.2, 0.25) is 0 Å². The number of unbranched alkanes of at least 4 members (excludes halogenated alkanes) is 5. The van der Waals surface area contributed by atoms with Gasteiger partial charge in [0, 0.05) is 0 Å². The van der Waals surface area contributed by atoms with Gasteiger partial charge >= 0.3 is 0 Å². The first-order valence-electron chi connectivity index (χ1n) is 8.71. The van der Waals surface area contributed by atoms with E-state index in [-0.39, 0.29) is 0 Å². The zero-order valence-electron chi connectivity index (χ0n) is 14.0. The lowest BCUT2D eigenvalue weighted by Gasteiger charge is -2.16. The largest absolute Gasteiger partial charge is 0.0654 e. The van der Waals surface area contributed by atoms with Crippen LogP contribution < -0.4 is 0 Å². The summed E-state index contributed by atoms with van der Waals surface area (Å²) in [6.45, 7) is 6.89. The van der Waals surface area contributed by atoms with E-state index in [0.717, 1.165) is 0 Å². The molecule has 0 aliphatic rings. The highest BCUT2D eigenvalue weighted by molar-refractivity contribution is 5.86. The minimum absolute atomic E-state index is 0.668. The zero-order valence-corrected chi connectivity index (χ0v) is 14.0. The van der Waals surface area contributed by atoms with E-state index in [1.807, 2.05) is 0 Å². The van der Waals surface area contributed by atoms with Crippen molar-refractivity contribution in [1.82, 2.24) is 0 Å². The summed E-state index contributed by atoms with van der Waals surface area (Å²) in [6.07, 6.45) is 9.65.